The highest BCUT2D eigenvalue weighted by Crippen LogP contribution is 2.55. The van der Waals surface area contributed by atoms with Crippen LogP contribution in [0.5, 0.6) is 5.75 Å². The highest BCUT2D eigenvalue weighted by molar-refractivity contribution is 7.89. The van der Waals surface area contributed by atoms with E-state index in [4.69, 9.17) is 9.47 Å². The number of methoxy groups -OCH3 is 1. The zero-order valence-corrected chi connectivity index (χ0v) is 17.5. The van der Waals surface area contributed by atoms with Crippen LogP contribution in [0.25, 0.3) is 0 Å². The van der Waals surface area contributed by atoms with E-state index in [1.807, 2.05) is 6.92 Å². The standard InChI is InChI=1S/C20H30N2O4S/c1-5-14-10-15(6-7-18(14)25-4)27(23,24)22-12-17-16(11-21(2)3)19-8-9-20(17,13-22)26-19/h6-7,10,16-17,19H,5,8-9,11-13H2,1-4H3/t16-,17+,19+,20+/m0/s1. The van der Waals surface area contributed by atoms with Gasteiger partial charge >= 0.3 is 0 Å². The van der Waals surface area contributed by atoms with Gasteiger partial charge in [-0.2, -0.15) is 4.31 Å². The summed E-state index contributed by atoms with van der Waals surface area (Å²) in [6, 6.07) is 5.18. The van der Waals surface area contributed by atoms with Gasteiger partial charge in [-0.1, -0.05) is 6.92 Å². The van der Waals surface area contributed by atoms with Crippen LogP contribution in [-0.4, -0.2) is 70.2 Å². The van der Waals surface area contributed by atoms with Gasteiger partial charge in [-0.3, -0.25) is 0 Å². The summed E-state index contributed by atoms with van der Waals surface area (Å²) in [6.07, 6.45) is 3.04. The fourth-order valence-corrected chi connectivity index (χ4v) is 6.91. The molecule has 0 unspecified atom stereocenters. The molecule has 0 N–H and O–H groups in total. The molecule has 1 aromatic carbocycles. The maximum absolute atomic E-state index is 13.4. The van der Waals surface area contributed by atoms with Crippen LogP contribution >= 0.6 is 0 Å². The molecular formula is C20H30N2O4S. The molecule has 0 amide bonds. The Hall–Kier alpha value is -1.15. The van der Waals surface area contributed by atoms with Crippen molar-refractivity contribution in [3.8, 4) is 5.75 Å². The summed E-state index contributed by atoms with van der Waals surface area (Å²) >= 11 is 0. The molecule has 3 aliphatic heterocycles. The number of fused-ring (bicyclic) bond motifs is 1. The van der Waals surface area contributed by atoms with Crippen LogP contribution in [0.1, 0.15) is 25.3 Å². The number of hydrogen-bond acceptors (Lipinski definition) is 5. The summed E-state index contributed by atoms with van der Waals surface area (Å²) in [5.74, 6) is 1.44. The molecule has 1 aromatic rings. The Bertz CT molecular complexity index is 825. The van der Waals surface area contributed by atoms with Crippen molar-refractivity contribution in [3.63, 3.8) is 0 Å². The molecule has 3 saturated heterocycles. The second-order valence-corrected chi connectivity index (χ2v) is 10.4. The lowest BCUT2D eigenvalue weighted by molar-refractivity contribution is 0.00739. The molecule has 0 saturated carbocycles. The predicted molar refractivity (Wildman–Crippen MR) is 104 cm³/mol. The third-order valence-electron chi connectivity index (χ3n) is 6.60. The van der Waals surface area contributed by atoms with Crippen molar-refractivity contribution in [3.05, 3.63) is 23.8 Å². The third-order valence-corrected chi connectivity index (χ3v) is 8.41. The van der Waals surface area contributed by atoms with Crippen LogP contribution < -0.4 is 4.74 Å². The van der Waals surface area contributed by atoms with Crippen LogP contribution in [0.15, 0.2) is 23.1 Å². The highest BCUT2D eigenvalue weighted by Gasteiger charge is 2.64. The van der Waals surface area contributed by atoms with Gasteiger partial charge in [-0.15, -0.1) is 0 Å². The first-order chi connectivity index (χ1) is 12.8. The van der Waals surface area contributed by atoms with E-state index < -0.39 is 10.0 Å². The van der Waals surface area contributed by atoms with Crippen molar-refractivity contribution < 1.29 is 17.9 Å². The quantitative estimate of drug-likeness (QED) is 0.739. The fraction of sp³-hybridized carbons (Fsp3) is 0.700. The zero-order valence-electron chi connectivity index (χ0n) is 16.6. The Morgan fingerprint density at radius 2 is 2.15 bits per heavy atom. The molecule has 27 heavy (non-hydrogen) atoms. The molecule has 1 spiro atoms. The number of sulfonamides is 1. The molecule has 2 bridgehead atoms. The molecule has 3 fully saturated rings. The average molecular weight is 395 g/mol. The first-order valence-electron chi connectivity index (χ1n) is 9.80. The van der Waals surface area contributed by atoms with Gasteiger partial charge in [0, 0.05) is 31.5 Å². The maximum atomic E-state index is 13.4. The molecule has 0 aliphatic carbocycles. The van der Waals surface area contributed by atoms with Gasteiger partial charge in [-0.05, 0) is 57.1 Å². The number of benzene rings is 1. The Kier molecular flexibility index (Phi) is 4.78. The van der Waals surface area contributed by atoms with Gasteiger partial charge in [0.1, 0.15) is 5.75 Å². The second kappa shape index (κ2) is 6.72. The molecule has 7 heteroatoms. The summed E-state index contributed by atoms with van der Waals surface area (Å²) in [5, 5.41) is 0. The van der Waals surface area contributed by atoms with Crippen molar-refractivity contribution in [1.82, 2.24) is 9.21 Å². The van der Waals surface area contributed by atoms with Gasteiger partial charge in [0.05, 0.1) is 23.7 Å². The monoisotopic (exact) mass is 394 g/mol. The fourth-order valence-electron chi connectivity index (χ4n) is 5.34. The molecule has 150 valence electrons. The number of hydrogen-bond donors (Lipinski definition) is 0. The molecular weight excluding hydrogens is 364 g/mol. The van der Waals surface area contributed by atoms with E-state index in [1.165, 1.54) is 0 Å². The molecule has 4 rings (SSSR count). The van der Waals surface area contributed by atoms with Crippen molar-refractivity contribution in [2.45, 2.75) is 42.8 Å². The largest absolute Gasteiger partial charge is 0.496 e. The Morgan fingerprint density at radius 3 is 2.81 bits per heavy atom. The van der Waals surface area contributed by atoms with Gasteiger partial charge < -0.3 is 14.4 Å². The molecule has 0 radical (unpaired) electrons. The molecule has 4 atom stereocenters. The van der Waals surface area contributed by atoms with Crippen LogP contribution in [0.4, 0.5) is 0 Å². The predicted octanol–water partition coefficient (Wildman–Crippen LogP) is 1.99. The number of nitrogens with zero attached hydrogens (tertiary/aromatic N) is 2. The van der Waals surface area contributed by atoms with E-state index in [2.05, 4.69) is 19.0 Å². The smallest absolute Gasteiger partial charge is 0.243 e. The van der Waals surface area contributed by atoms with E-state index in [1.54, 1.807) is 29.6 Å². The van der Waals surface area contributed by atoms with E-state index in [9.17, 15) is 8.42 Å². The summed E-state index contributed by atoms with van der Waals surface area (Å²) in [6.45, 7) is 4.00. The van der Waals surface area contributed by atoms with Crippen molar-refractivity contribution >= 4 is 10.0 Å². The summed E-state index contributed by atoms with van der Waals surface area (Å²) in [4.78, 5) is 2.55. The van der Waals surface area contributed by atoms with E-state index in [-0.39, 0.29) is 17.6 Å². The second-order valence-electron chi connectivity index (χ2n) is 8.42. The van der Waals surface area contributed by atoms with E-state index in [0.717, 1.165) is 37.1 Å². The normalized spacial score (nSPS) is 33.0. The van der Waals surface area contributed by atoms with Crippen molar-refractivity contribution in [1.29, 1.82) is 0 Å². The topological polar surface area (TPSA) is 59.1 Å². The Labute approximate surface area is 162 Å². The van der Waals surface area contributed by atoms with Crippen LogP contribution in [0.3, 0.4) is 0 Å². The Balaban J connectivity index is 1.61. The van der Waals surface area contributed by atoms with Crippen molar-refractivity contribution in [2.75, 3.05) is 40.8 Å². The molecule has 6 nitrogen and oxygen atoms in total. The lowest BCUT2D eigenvalue weighted by Crippen LogP contribution is -2.40. The average Bonchev–Trinajstić information content (AvgIpc) is 3.30. The molecule has 3 aliphatic rings. The zero-order chi connectivity index (χ0) is 19.4. The molecule has 0 aromatic heterocycles. The van der Waals surface area contributed by atoms with E-state index >= 15 is 0 Å². The van der Waals surface area contributed by atoms with Gasteiger partial charge in [0.25, 0.3) is 0 Å². The first-order valence-corrected chi connectivity index (χ1v) is 11.2. The maximum Gasteiger partial charge on any atom is 0.243 e. The Morgan fingerprint density at radius 1 is 1.37 bits per heavy atom. The SMILES string of the molecule is CCc1cc(S(=O)(=O)N2C[C@@H]3[C@H](CN(C)C)[C@H]4CC[C@]3(C2)O4)ccc1OC. The minimum atomic E-state index is -3.54. The lowest BCUT2D eigenvalue weighted by Gasteiger charge is -2.31. The summed E-state index contributed by atoms with van der Waals surface area (Å²) in [7, 11) is 2.23. The van der Waals surface area contributed by atoms with Crippen LogP contribution in [0.2, 0.25) is 0 Å². The highest BCUT2D eigenvalue weighted by atomic mass is 32.2. The summed E-state index contributed by atoms with van der Waals surface area (Å²) in [5.41, 5.74) is 0.636. The number of aryl methyl sites for hydroxylation is 1. The summed E-state index contributed by atoms with van der Waals surface area (Å²) < 4.78 is 40.1. The first kappa shape index (κ1) is 19.2. The number of ether oxygens (including phenoxy) is 2. The van der Waals surface area contributed by atoms with Crippen LogP contribution in [0, 0.1) is 11.8 Å². The van der Waals surface area contributed by atoms with Gasteiger partial charge in [0.15, 0.2) is 0 Å². The number of rotatable bonds is 6. The minimum absolute atomic E-state index is 0.279. The van der Waals surface area contributed by atoms with Crippen LogP contribution in [-0.2, 0) is 21.2 Å². The van der Waals surface area contributed by atoms with E-state index in [0.29, 0.717) is 23.9 Å². The third kappa shape index (κ3) is 2.99. The van der Waals surface area contributed by atoms with Gasteiger partial charge in [0.2, 0.25) is 10.0 Å². The lowest BCUT2D eigenvalue weighted by atomic mass is 9.73. The molecule has 3 heterocycles. The van der Waals surface area contributed by atoms with Gasteiger partial charge in [-0.25, -0.2) is 8.42 Å². The van der Waals surface area contributed by atoms with Crippen molar-refractivity contribution in [2.24, 2.45) is 11.8 Å². The minimum Gasteiger partial charge on any atom is -0.496 e.